The minimum absolute atomic E-state index is 0.0252. The second-order valence-electron chi connectivity index (χ2n) is 7.53. The van der Waals surface area contributed by atoms with Crippen LogP contribution < -0.4 is 20.3 Å². The average molecular weight is 424 g/mol. The molecule has 1 aliphatic rings. The molecule has 1 heterocycles. The van der Waals surface area contributed by atoms with Gasteiger partial charge in [0, 0.05) is 57.6 Å². The van der Waals surface area contributed by atoms with Gasteiger partial charge >= 0.3 is 0 Å². The van der Waals surface area contributed by atoms with Gasteiger partial charge in [0.15, 0.2) is 5.96 Å². The summed E-state index contributed by atoms with van der Waals surface area (Å²) >= 11 is 0. The Kier molecular flexibility index (Phi) is 8.15. The Morgan fingerprint density at radius 1 is 1.06 bits per heavy atom. The fourth-order valence-corrected chi connectivity index (χ4v) is 3.65. The molecule has 0 bridgehead atoms. The first-order chi connectivity index (χ1) is 15.1. The molecule has 0 atom stereocenters. The molecule has 0 radical (unpaired) electrons. The predicted octanol–water partition coefficient (Wildman–Crippen LogP) is 2.73. The van der Waals surface area contributed by atoms with E-state index < -0.39 is 0 Å². The number of benzene rings is 2. The van der Waals surface area contributed by atoms with Gasteiger partial charge in [-0.15, -0.1) is 0 Å². The molecule has 1 aliphatic heterocycles. The van der Waals surface area contributed by atoms with Gasteiger partial charge in [0.2, 0.25) is 0 Å². The number of methoxy groups -OCH3 is 1. The smallest absolute Gasteiger partial charge is 0.251 e. The average Bonchev–Trinajstić information content (AvgIpc) is 2.83. The van der Waals surface area contributed by atoms with Gasteiger partial charge in [0.05, 0.1) is 7.11 Å². The number of nitrogens with zero attached hydrogens (tertiary/aromatic N) is 3. The summed E-state index contributed by atoms with van der Waals surface area (Å²) in [5, 5.41) is 6.37. The zero-order valence-corrected chi connectivity index (χ0v) is 18.7. The van der Waals surface area contributed by atoms with Crippen LogP contribution >= 0.6 is 0 Å². The Morgan fingerprint density at radius 2 is 1.81 bits per heavy atom. The number of anilines is 1. The summed E-state index contributed by atoms with van der Waals surface area (Å²) in [4.78, 5) is 21.3. The van der Waals surface area contributed by atoms with Crippen molar-refractivity contribution < 1.29 is 9.53 Å². The van der Waals surface area contributed by atoms with Crippen molar-refractivity contribution in [1.29, 1.82) is 0 Å². The van der Waals surface area contributed by atoms with Gasteiger partial charge in [-0.05, 0) is 48.4 Å². The first kappa shape index (κ1) is 22.5. The van der Waals surface area contributed by atoms with Crippen LogP contribution in [0.5, 0.6) is 5.75 Å². The Bertz CT molecular complexity index is 874. The highest BCUT2D eigenvalue weighted by atomic mass is 16.5. The monoisotopic (exact) mass is 423 g/mol. The third-order valence-electron chi connectivity index (χ3n) is 5.40. The zero-order chi connectivity index (χ0) is 22.1. The number of ether oxygens (including phenoxy) is 1. The highest BCUT2D eigenvalue weighted by Gasteiger charge is 2.20. The summed E-state index contributed by atoms with van der Waals surface area (Å²) in [6.07, 6.45) is 0.926. The van der Waals surface area contributed by atoms with Crippen molar-refractivity contribution in [2.24, 2.45) is 4.99 Å². The highest BCUT2D eigenvalue weighted by Crippen LogP contribution is 2.20. The second kappa shape index (κ2) is 11.2. The lowest BCUT2D eigenvalue weighted by atomic mass is 10.1. The zero-order valence-electron chi connectivity index (χ0n) is 18.7. The minimum atomic E-state index is -0.0252. The summed E-state index contributed by atoms with van der Waals surface area (Å²) < 4.78 is 5.25. The Morgan fingerprint density at radius 3 is 2.45 bits per heavy atom. The minimum Gasteiger partial charge on any atom is -0.497 e. The van der Waals surface area contributed by atoms with E-state index in [1.54, 1.807) is 7.11 Å². The topological polar surface area (TPSA) is 69.2 Å². The van der Waals surface area contributed by atoms with E-state index in [-0.39, 0.29) is 5.91 Å². The SMILES string of the molecule is CCCNC(=O)c1cccc(CNC(=NC)N2CCN(c3ccc(OC)cc3)CC2)c1. The maximum atomic E-state index is 12.2. The lowest BCUT2D eigenvalue weighted by Crippen LogP contribution is -2.52. The highest BCUT2D eigenvalue weighted by molar-refractivity contribution is 5.94. The van der Waals surface area contributed by atoms with Crippen molar-refractivity contribution >= 4 is 17.6 Å². The summed E-state index contributed by atoms with van der Waals surface area (Å²) in [5.41, 5.74) is 2.96. The summed E-state index contributed by atoms with van der Waals surface area (Å²) in [6, 6.07) is 15.9. The van der Waals surface area contributed by atoms with Crippen LogP contribution in [0.4, 0.5) is 5.69 Å². The van der Waals surface area contributed by atoms with E-state index in [0.717, 1.165) is 49.9 Å². The molecule has 0 unspecified atom stereocenters. The maximum Gasteiger partial charge on any atom is 0.251 e. The number of carbonyl (C=O) groups excluding carboxylic acids is 1. The number of aliphatic imine (C=N–C) groups is 1. The molecule has 0 aliphatic carbocycles. The van der Waals surface area contributed by atoms with Gasteiger partial charge in [-0.2, -0.15) is 0 Å². The van der Waals surface area contributed by atoms with Crippen LogP contribution in [0.15, 0.2) is 53.5 Å². The molecule has 0 aromatic heterocycles. The van der Waals surface area contributed by atoms with E-state index in [1.807, 2.05) is 50.4 Å². The molecule has 0 saturated carbocycles. The van der Waals surface area contributed by atoms with Gasteiger partial charge < -0.3 is 25.2 Å². The third kappa shape index (κ3) is 6.13. The predicted molar refractivity (Wildman–Crippen MR) is 126 cm³/mol. The molecule has 3 rings (SSSR count). The molecule has 1 amide bonds. The number of hydrogen-bond acceptors (Lipinski definition) is 4. The van der Waals surface area contributed by atoms with Gasteiger partial charge in [0.1, 0.15) is 5.75 Å². The second-order valence-corrected chi connectivity index (χ2v) is 7.53. The van der Waals surface area contributed by atoms with Gasteiger partial charge in [-0.3, -0.25) is 9.79 Å². The quantitative estimate of drug-likeness (QED) is 0.529. The van der Waals surface area contributed by atoms with Gasteiger partial charge in [0.25, 0.3) is 5.91 Å². The maximum absolute atomic E-state index is 12.2. The molecular weight excluding hydrogens is 390 g/mol. The molecule has 0 spiro atoms. The van der Waals surface area contributed by atoms with Crippen LogP contribution in [0.25, 0.3) is 0 Å². The molecule has 2 aromatic carbocycles. The first-order valence-corrected chi connectivity index (χ1v) is 10.9. The van der Waals surface area contributed by atoms with E-state index in [4.69, 9.17) is 4.74 Å². The van der Waals surface area contributed by atoms with Crippen LogP contribution in [-0.4, -0.2) is 63.6 Å². The number of nitrogens with one attached hydrogen (secondary N) is 2. The summed E-state index contributed by atoms with van der Waals surface area (Å²) in [5.74, 6) is 1.73. The number of hydrogen-bond donors (Lipinski definition) is 2. The number of amides is 1. The van der Waals surface area contributed by atoms with E-state index >= 15 is 0 Å². The molecule has 2 N–H and O–H groups in total. The van der Waals surface area contributed by atoms with Gasteiger partial charge in [-0.25, -0.2) is 0 Å². The number of rotatable bonds is 7. The van der Waals surface area contributed by atoms with Crippen molar-refractivity contribution in [1.82, 2.24) is 15.5 Å². The molecule has 166 valence electrons. The van der Waals surface area contributed by atoms with Crippen LogP contribution in [0, 0.1) is 0 Å². The molecule has 2 aromatic rings. The van der Waals surface area contributed by atoms with Crippen molar-refractivity contribution in [3.8, 4) is 5.75 Å². The molecule has 7 heteroatoms. The Balaban J connectivity index is 1.52. The standard InChI is InChI=1S/C24H33N5O2/c1-4-12-26-23(30)20-7-5-6-19(17-20)18-27-24(25-2)29-15-13-28(14-16-29)21-8-10-22(31-3)11-9-21/h5-11,17H,4,12-16,18H2,1-3H3,(H,25,27)(H,26,30). The van der Waals surface area contributed by atoms with Crippen LogP contribution in [-0.2, 0) is 6.54 Å². The van der Waals surface area contributed by atoms with Crippen molar-refractivity contribution in [3.05, 3.63) is 59.7 Å². The Labute approximate surface area is 185 Å². The molecule has 1 fully saturated rings. The van der Waals surface area contributed by atoms with E-state index in [2.05, 4.69) is 37.6 Å². The van der Waals surface area contributed by atoms with Crippen molar-refractivity contribution in [2.45, 2.75) is 19.9 Å². The number of guanidine groups is 1. The summed E-state index contributed by atoms with van der Waals surface area (Å²) in [6.45, 7) is 7.01. The molecule has 1 saturated heterocycles. The Hall–Kier alpha value is -3.22. The van der Waals surface area contributed by atoms with E-state index in [1.165, 1.54) is 5.69 Å². The fraction of sp³-hybridized carbons (Fsp3) is 0.417. The lowest BCUT2D eigenvalue weighted by Gasteiger charge is -2.37. The molecular formula is C24H33N5O2. The molecule has 31 heavy (non-hydrogen) atoms. The number of carbonyl (C=O) groups is 1. The largest absolute Gasteiger partial charge is 0.497 e. The van der Waals surface area contributed by atoms with Crippen molar-refractivity contribution in [3.63, 3.8) is 0 Å². The van der Waals surface area contributed by atoms with Crippen LogP contribution in [0.1, 0.15) is 29.3 Å². The van der Waals surface area contributed by atoms with E-state index in [0.29, 0.717) is 18.7 Å². The molecule has 7 nitrogen and oxygen atoms in total. The van der Waals surface area contributed by atoms with Crippen LogP contribution in [0.3, 0.4) is 0 Å². The summed E-state index contributed by atoms with van der Waals surface area (Å²) in [7, 11) is 3.50. The lowest BCUT2D eigenvalue weighted by molar-refractivity contribution is 0.0953. The van der Waals surface area contributed by atoms with E-state index in [9.17, 15) is 4.79 Å². The third-order valence-corrected chi connectivity index (χ3v) is 5.40. The fourth-order valence-electron chi connectivity index (χ4n) is 3.65. The van der Waals surface area contributed by atoms with Crippen molar-refractivity contribution in [2.75, 3.05) is 51.8 Å². The van der Waals surface area contributed by atoms with Crippen LogP contribution in [0.2, 0.25) is 0 Å². The first-order valence-electron chi connectivity index (χ1n) is 10.9. The number of piperazine rings is 1. The normalized spacial score (nSPS) is 14.4. The van der Waals surface area contributed by atoms with Gasteiger partial charge in [-0.1, -0.05) is 19.1 Å².